The Hall–Kier alpha value is -0.570. The molecular formula is C11H18N2O. The molecule has 3 nitrogen and oxygen atoms in total. The van der Waals surface area contributed by atoms with Gasteiger partial charge in [-0.1, -0.05) is 5.16 Å². The zero-order valence-corrected chi connectivity index (χ0v) is 8.52. The highest BCUT2D eigenvalue weighted by Gasteiger charge is 2.48. The fourth-order valence-electron chi connectivity index (χ4n) is 3.70. The molecule has 1 N–H and O–H groups in total. The molecule has 2 saturated carbocycles. The third kappa shape index (κ3) is 1.11. The minimum absolute atomic E-state index is 0.501. The minimum Gasteiger partial charge on any atom is -0.411 e. The summed E-state index contributed by atoms with van der Waals surface area (Å²) in [5.74, 6) is 1.40. The van der Waals surface area contributed by atoms with E-state index in [1.165, 1.54) is 45.2 Å². The predicted molar refractivity (Wildman–Crippen MR) is 54.6 cm³/mol. The van der Waals surface area contributed by atoms with Crippen molar-refractivity contribution in [3.8, 4) is 0 Å². The summed E-state index contributed by atoms with van der Waals surface area (Å²) in [5.41, 5.74) is 1.10. The zero-order valence-electron chi connectivity index (χ0n) is 8.52. The van der Waals surface area contributed by atoms with Gasteiger partial charge < -0.3 is 5.21 Å². The van der Waals surface area contributed by atoms with Gasteiger partial charge in [0.25, 0.3) is 0 Å². The van der Waals surface area contributed by atoms with Crippen molar-refractivity contribution in [1.29, 1.82) is 0 Å². The number of likely N-dealkylation sites (tertiary alicyclic amines) is 1. The molecule has 1 saturated heterocycles. The molecule has 3 atom stereocenters. The lowest BCUT2D eigenvalue weighted by Gasteiger charge is -2.31. The van der Waals surface area contributed by atoms with E-state index < -0.39 is 0 Å². The van der Waals surface area contributed by atoms with Gasteiger partial charge in [0.2, 0.25) is 0 Å². The fraction of sp³-hybridized carbons (Fsp3) is 0.909. The summed E-state index contributed by atoms with van der Waals surface area (Å²) in [7, 11) is 0. The van der Waals surface area contributed by atoms with E-state index in [-0.39, 0.29) is 0 Å². The Bertz CT molecular complexity index is 258. The Kier molecular flexibility index (Phi) is 2.01. The molecule has 1 heterocycles. The van der Waals surface area contributed by atoms with Crippen LogP contribution in [0.4, 0.5) is 0 Å². The van der Waals surface area contributed by atoms with Crippen LogP contribution >= 0.6 is 0 Å². The van der Waals surface area contributed by atoms with Gasteiger partial charge in [-0.25, -0.2) is 0 Å². The summed E-state index contributed by atoms with van der Waals surface area (Å²) in [4.78, 5) is 2.54. The topological polar surface area (TPSA) is 35.8 Å². The van der Waals surface area contributed by atoms with E-state index in [2.05, 4.69) is 10.1 Å². The first-order valence-corrected chi connectivity index (χ1v) is 5.86. The Morgan fingerprint density at radius 2 is 2.00 bits per heavy atom. The van der Waals surface area contributed by atoms with Gasteiger partial charge in [0.1, 0.15) is 0 Å². The SMILES string of the molecule is O/N=C1/[C@H]2CC[C@H](C2)[C@H]1N1CCCC1. The zero-order chi connectivity index (χ0) is 9.54. The molecule has 78 valence electrons. The van der Waals surface area contributed by atoms with E-state index in [1.807, 2.05) is 0 Å². The van der Waals surface area contributed by atoms with Crippen molar-refractivity contribution in [2.24, 2.45) is 17.0 Å². The smallest absolute Gasteiger partial charge is 0.0775 e. The Labute approximate surface area is 84.8 Å². The molecule has 3 rings (SSSR count). The highest BCUT2D eigenvalue weighted by molar-refractivity contribution is 5.94. The van der Waals surface area contributed by atoms with Gasteiger partial charge in [0.05, 0.1) is 11.8 Å². The molecule has 14 heavy (non-hydrogen) atoms. The first-order valence-electron chi connectivity index (χ1n) is 5.86. The summed E-state index contributed by atoms with van der Waals surface area (Å²) in [6.45, 7) is 2.43. The van der Waals surface area contributed by atoms with E-state index in [9.17, 15) is 0 Å². The monoisotopic (exact) mass is 194 g/mol. The first kappa shape index (κ1) is 8.72. The van der Waals surface area contributed by atoms with Crippen LogP contribution in [0.1, 0.15) is 32.1 Å². The molecule has 2 aliphatic carbocycles. The summed E-state index contributed by atoms with van der Waals surface area (Å²) >= 11 is 0. The van der Waals surface area contributed by atoms with Gasteiger partial charge >= 0.3 is 0 Å². The van der Waals surface area contributed by atoms with Crippen molar-refractivity contribution in [3.05, 3.63) is 0 Å². The molecule has 0 aromatic rings. The van der Waals surface area contributed by atoms with Crippen LogP contribution in [-0.2, 0) is 0 Å². The molecule has 0 aromatic carbocycles. The van der Waals surface area contributed by atoms with Crippen LogP contribution in [0.3, 0.4) is 0 Å². The third-order valence-electron chi connectivity index (χ3n) is 4.29. The normalized spacial score (nSPS) is 45.4. The number of hydrogen-bond donors (Lipinski definition) is 1. The van der Waals surface area contributed by atoms with Crippen LogP contribution in [0, 0.1) is 11.8 Å². The molecule has 3 heteroatoms. The maximum atomic E-state index is 9.08. The highest BCUT2D eigenvalue weighted by atomic mass is 16.4. The third-order valence-corrected chi connectivity index (χ3v) is 4.29. The second kappa shape index (κ2) is 3.23. The lowest BCUT2D eigenvalue weighted by molar-refractivity contribution is 0.230. The van der Waals surface area contributed by atoms with Crippen LogP contribution in [-0.4, -0.2) is 35.0 Å². The molecule has 0 spiro atoms. The summed E-state index contributed by atoms with van der Waals surface area (Å²) in [5, 5.41) is 12.7. The van der Waals surface area contributed by atoms with Gasteiger partial charge in [0, 0.05) is 5.92 Å². The molecule has 3 aliphatic rings. The van der Waals surface area contributed by atoms with Crippen LogP contribution in [0.15, 0.2) is 5.16 Å². The fourth-order valence-corrected chi connectivity index (χ4v) is 3.70. The molecule has 0 radical (unpaired) electrons. The van der Waals surface area contributed by atoms with Gasteiger partial charge in [-0.05, 0) is 51.1 Å². The second-order valence-corrected chi connectivity index (χ2v) is 4.98. The van der Waals surface area contributed by atoms with Gasteiger partial charge in [0.15, 0.2) is 0 Å². The maximum Gasteiger partial charge on any atom is 0.0775 e. The Morgan fingerprint density at radius 1 is 1.21 bits per heavy atom. The van der Waals surface area contributed by atoms with Gasteiger partial charge in [-0.2, -0.15) is 0 Å². The molecule has 0 unspecified atom stereocenters. The summed E-state index contributed by atoms with van der Waals surface area (Å²) < 4.78 is 0. The number of hydrogen-bond acceptors (Lipinski definition) is 3. The van der Waals surface area contributed by atoms with Crippen molar-refractivity contribution < 1.29 is 5.21 Å². The first-order chi connectivity index (χ1) is 6.90. The number of nitrogens with zero attached hydrogens (tertiary/aromatic N) is 2. The highest BCUT2D eigenvalue weighted by Crippen LogP contribution is 2.45. The standard InChI is InChI=1S/C11H18N2O/c14-12-10-8-3-4-9(7-8)11(10)13-5-1-2-6-13/h8-9,11,14H,1-7H2/b12-10-/t8-,9+,11+/m0/s1. The van der Waals surface area contributed by atoms with E-state index in [0.717, 1.165) is 11.6 Å². The van der Waals surface area contributed by atoms with Crippen LogP contribution in [0.25, 0.3) is 0 Å². The molecule has 2 bridgehead atoms. The van der Waals surface area contributed by atoms with Crippen LogP contribution in [0.2, 0.25) is 0 Å². The Balaban J connectivity index is 1.83. The van der Waals surface area contributed by atoms with Crippen LogP contribution < -0.4 is 0 Å². The lowest BCUT2D eigenvalue weighted by atomic mass is 9.92. The maximum absolute atomic E-state index is 9.08. The second-order valence-electron chi connectivity index (χ2n) is 4.98. The van der Waals surface area contributed by atoms with Crippen molar-refractivity contribution >= 4 is 5.71 Å². The number of fused-ring (bicyclic) bond motifs is 2. The molecule has 0 aromatic heterocycles. The average Bonchev–Trinajstić information content (AvgIpc) is 2.92. The quantitative estimate of drug-likeness (QED) is 0.509. The lowest BCUT2D eigenvalue weighted by Crippen LogP contribution is -2.43. The van der Waals surface area contributed by atoms with E-state index in [4.69, 9.17) is 5.21 Å². The van der Waals surface area contributed by atoms with Gasteiger partial charge in [-0.15, -0.1) is 0 Å². The average molecular weight is 194 g/mol. The van der Waals surface area contributed by atoms with Crippen molar-refractivity contribution in [2.75, 3.05) is 13.1 Å². The van der Waals surface area contributed by atoms with Crippen molar-refractivity contribution in [2.45, 2.75) is 38.1 Å². The number of rotatable bonds is 1. The molecule has 3 fully saturated rings. The largest absolute Gasteiger partial charge is 0.411 e. The van der Waals surface area contributed by atoms with Crippen molar-refractivity contribution in [1.82, 2.24) is 4.90 Å². The van der Waals surface area contributed by atoms with E-state index in [1.54, 1.807) is 0 Å². The van der Waals surface area contributed by atoms with Crippen LogP contribution in [0.5, 0.6) is 0 Å². The molecule has 1 aliphatic heterocycles. The van der Waals surface area contributed by atoms with Gasteiger partial charge in [-0.3, -0.25) is 4.90 Å². The van der Waals surface area contributed by atoms with E-state index in [0.29, 0.717) is 12.0 Å². The number of oxime groups is 1. The summed E-state index contributed by atoms with van der Waals surface area (Å²) in [6.07, 6.45) is 6.54. The predicted octanol–water partition coefficient (Wildman–Crippen LogP) is 1.71. The van der Waals surface area contributed by atoms with E-state index >= 15 is 0 Å². The minimum atomic E-state index is 0.501. The van der Waals surface area contributed by atoms with Crippen molar-refractivity contribution in [3.63, 3.8) is 0 Å². The molecular weight excluding hydrogens is 176 g/mol. The summed E-state index contributed by atoms with van der Waals surface area (Å²) in [6, 6.07) is 0.501. The molecule has 0 amide bonds. The Morgan fingerprint density at radius 3 is 2.71 bits per heavy atom.